The lowest BCUT2D eigenvalue weighted by atomic mass is 10.2. The Hall–Kier alpha value is -1.53. The van der Waals surface area contributed by atoms with E-state index in [0.29, 0.717) is 23.6 Å². The number of aromatic nitrogens is 1. The summed E-state index contributed by atoms with van der Waals surface area (Å²) in [4.78, 5) is 11.0. The topological polar surface area (TPSA) is 31.2 Å². The number of aryl methyl sites for hydroxylation is 1. The van der Waals surface area contributed by atoms with Crippen LogP contribution in [0.15, 0.2) is 24.4 Å². The number of fused-ring (bicyclic) bond motifs is 1. The predicted octanol–water partition coefficient (Wildman–Crippen LogP) is 4.08. The molecule has 1 aromatic heterocycles. The van der Waals surface area contributed by atoms with Crippen molar-refractivity contribution in [2.45, 2.75) is 19.1 Å². The van der Waals surface area contributed by atoms with Gasteiger partial charge in [0.2, 0.25) is 0 Å². The second-order valence-electron chi connectivity index (χ2n) is 4.58. The van der Waals surface area contributed by atoms with Gasteiger partial charge in [-0.05, 0) is 18.6 Å². The van der Waals surface area contributed by atoms with Crippen LogP contribution in [0.25, 0.3) is 10.9 Å². The van der Waals surface area contributed by atoms with Crippen LogP contribution in [0, 0.1) is 0 Å². The SMILES string of the molecule is O=Cc1cn(CCCOCC(F)(F)F)c2cc(Cl)ccc12. The number of aldehydes is 1. The molecule has 0 aliphatic heterocycles. The van der Waals surface area contributed by atoms with Gasteiger partial charge < -0.3 is 9.30 Å². The van der Waals surface area contributed by atoms with E-state index in [-0.39, 0.29) is 6.61 Å². The second-order valence-corrected chi connectivity index (χ2v) is 5.01. The number of halogens is 4. The summed E-state index contributed by atoms with van der Waals surface area (Å²) in [5, 5.41) is 1.30. The molecule has 1 heterocycles. The molecule has 21 heavy (non-hydrogen) atoms. The normalized spacial score (nSPS) is 12.0. The first-order chi connectivity index (χ1) is 9.90. The van der Waals surface area contributed by atoms with Gasteiger partial charge in [0.15, 0.2) is 6.29 Å². The fraction of sp³-hybridized carbons (Fsp3) is 0.357. The van der Waals surface area contributed by atoms with Crippen LogP contribution in [0.4, 0.5) is 13.2 Å². The standard InChI is InChI=1S/C14H13ClF3NO2/c15-11-2-3-12-10(8-20)7-19(13(12)6-11)4-1-5-21-9-14(16,17)18/h2-3,6-8H,1,4-5,9H2. The summed E-state index contributed by atoms with van der Waals surface area (Å²) in [6.45, 7) is -0.802. The number of ether oxygens (including phenoxy) is 1. The van der Waals surface area contributed by atoms with Gasteiger partial charge in [-0.25, -0.2) is 0 Å². The van der Waals surface area contributed by atoms with Crippen molar-refractivity contribution < 1.29 is 22.7 Å². The number of hydrogen-bond donors (Lipinski definition) is 0. The minimum absolute atomic E-state index is 0.00380. The first-order valence-electron chi connectivity index (χ1n) is 6.29. The number of nitrogens with zero attached hydrogens (tertiary/aromatic N) is 1. The highest BCUT2D eigenvalue weighted by atomic mass is 35.5. The number of alkyl halides is 3. The Balaban J connectivity index is 2.02. The molecule has 2 rings (SSSR count). The van der Waals surface area contributed by atoms with Gasteiger partial charge in [0.05, 0.1) is 5.52 Å². The van der Waals surface area contributed by atoms with Crippen molar-refractivity contribution in [3.05, 3.63) is 35.0 Å². The van der Waals surface area contributed by atoms with Crippen LogP contribution < -0.4 is 0 Å². The van der Waals surface area contributed by atoms with E-state index in [9.17, 15) is 18.0 Å². The van der Waals surface area contributed by atoms with Gasteiger partial charge in [-0.1, -0.05) is 17.7 Å². The third kappa shape index (κ3) is 4.22. The van der Waals surface area contributed by atoms with Gasteiger partial charge in [0.1, 0.15) is 6.61 Å². The lowest BCUT2D eigenvalue weighted by molar-refractivity contribution is -0.174. The minimum Gasteiger partial charge on any atom is -0.372 e. The van der Waals surface area contributed by atoms with Gasteiger partial charge >= 0.3 is 6.18 Å². The average molecular weight is 320 g/mol. The van der Waals surface area contributed by atoms with Crippen LogP contribution in [0.2, 0.25) is 5.02 Å². The maximum Gasteiger partial charge on any atom is 0.411 e. The van der Waals surface area contributed by atoms with Crippen molar-refractivity contribution in [3.8, 4) is 0 Å². The van der Waals surface area contributed by atoms with Crippen molar-refractivity contribution in [1.29, 1.82) is 0 Å². The zero-order chi connectivity index (χ0) is 15.5. The Morgan fingerprint density at radius 1 is 1.33 bits per heavy atom. The second kappa shape index (κ2) is 6.49. The monoisotopic (exact) mass is 319 g/mol. The Morgan fingerprint density at radius 3 is 2.76 bits per heavy atom. The van der Waals surface area contributed by atoms with Crippen LogP contribution in [0.1, 0.15) is 16.8 Å². The van der Waals surface area contributed by atoms with Crippen molar-refractivity contribution in [2.75, 3.05) is 13.2 Å². The summed E-state index contributed by atoms with van der Waals surface area (Å²) < 4.78 is 42.1. The molecule has 3 nitrogen and oxygen atoms in total. The fourth-order valence-electron chi connectivity index (χ4n) is 2.10. The highest BCUT2D eigenvalue weighted by Crippen LogP contribution is 2.24. The molecule has 114 valence electrons. The van der Waals surface area contributed by atoms with Gasteiger partial charge in [0, 0.05) is 35.3 Å². The van der Waals surface area contributed by atoms with Gasteiger partial charge in [0.25, 0.3) is 0 Å². The quantitative estimate of drug-likeness (QED) is 0.593. The highest BCUT2D eigenvalue weighted by molar-refractivity contribution is 6.31. The molecule has 2 aromatic rings. The maximum atomic E-state index is 11.9. The first kappa shape index (κ1) is 15.9. The smallest absolute Gasteiger partial charge is 0.372 e. The van der Waals surface area contributed by atoms with E-state index >= 15 is 0 Å². The van der Waals surface area contributed by atoms with Crippen LogP contribution in [0.3, 0.4) is 0 Å². The number of carbonyl (C=O) groups excluding carboxylic acids is 1. The molecule has 0 radical (unpaired) electrons. The molecule has 0 N–H and O–H groups in total. The van der Waals surface area contributed by atoms with Crippen LogP contribution in [-0.4, -0.2) is 30.2 Å². The molecule has 0 saturated carbocycles. The average Bonchev–Trinajstić information content (AvgIpc) is 2.74. The Bertz CT molecular complexity index is 637. The third-order valence-electron chi connectivity index (χ3n) is 2.96. The molecule has 1 aromatic carbocycles. The molecule has 0 amide bonds. The number of hydrogen-bond acceptors (Lipinski definition) is 2. The fourth-order valence-corrected chi connectivity index (χ4v) is 2.26. The molecule has 0 aliphatic rings. The molecule has 0 spiro atoms. The minimum atomic E-state index is -4.31. The Kier molecular flexibility index (Phi) is 4.90. The lowest BCUT2D eigenvalue weighted by Gasteiger charge is -2.08. The largest absolute Gasteiger partial charge is 0.411 e. The van der Waals surface area contributed by atoms with Gasteiger partial charge in [-0.15, -0.1) is 0 Å². The Morgan fingerprint density at radius 2 is 2.10 bits per heavy atom. The molecule has 0 unspecified atom stereocenters. The predicted molar refractivity (Wildman–Crippen MR) is 73.8 cm³/mol. The summed E-state index contributed by atoms with van der Waals surface area (Å²) in [5.41, 5.74) is 1.30. The van der Waals surface area contributed by atoms with E-state index in [2.05, 4.69) is 4.74 Å². The van der Waals surface area contributed by atoms with E-state index in [0.717, 1.165) is 17.2 Å². The molecule has 0 aliphatic carbocycles. The molecule has 0 fully saturated rings. The van der Waals surface area contributed by atoms with E-state index in [1.807, 2.05) is 0 Å². The lowest BCUT2D eigenvalue weighted by Crippen LogP contribution is -2.17. The number of rotatable bonds is 6. The van der Waals surface area contributed by atoms with E-state index in [4.69, 9.17) is 11.6 Å². The molecular weight excluding hydrogens is 307 g/mol. The summed E-state index contributed by atoms with van der Waals surface area (Å²) in [5.74, 6) is 0. The number of carbonyl (C=O) groups is 1. The van der Waals surface area contributed by atoms with Gasteiger partial charge in [-0.2, -0.15) is 13.2 Å². The molecule has 0 atom stereocenters. The van der Waals surface area contributed by atoms with Crippen LogP contribution >= 0.6 is 11.6 Å². The summed E-state index contributed by atoms with van der Waals surface area (Å²) in [7, 11) is 0. The summed E-state index contributed by atoms with van der Waals surface area (Å²) in [6, 6.07) is 5.16. The molecule has 0 saturated heterocycles. The molecule has 0 bridgehead atoms. The van der Waals surface area contributed by atoms with Crippen molar-refractivity contribution in [3.63, 3.8) is 0 Å². The van der Waals surface area contributed by atoms with Crippen LogP contribution in [-0.2, 0) is 11.3 Å². The van der Waals surface area contributed by atoms with Crippen LogP contribution in [0.5, 0.6) is 0 Å². The van der Waals surface area contributed by atoms with E-state index < -0.39 is 12.8 Å². The summed E-state index contributed by atoms with van der Waals surface area (Å²) >= 11 is 5.93. The van der Waals surface area contributed by atoms with Crippen molar-refractivity contribution in [1.82, 2.24) is 4.57 Å². The zero-order valence-electron chi connectivity index (χ0n) is 11.0. The molecular formula is C14H13ClF3NO2. The van der Waals surface area contributed by atoms with Crippen molar-refractivity contribution >= 4 is 28.8 Å². The Labute approximate surface area is 124 Å². The third-order valence-corrected chi connectivity index (χ3v) is 3.19. The van der Waals surface area contributed by atoms with E-state index in [1.54, 1.807) is 29.0 Å². The highest BCUT2D eigenvalue weighted by Gasteiger charge is 2.27. The number of benzene rings is 1. The molecule has 7 heteroatoms. The zero-order valence-corrected chi connectivity index (χ0v) is 11.7. The van der Waals surface area contributed by atoms with Gasteiger partial charge in [-0.3, -0.25) is 4.79 Å². The van der Waals surface area contributed by atoms with E-state index in [1.165, 1.54) is 0 Å². The van der Waals surface area contributed by atoms with Crippen molar-refractivity contribution in [2.24, 2.45) is 0 Å². The maximum absolute atomic E-state index is 11.9. The first-order valence-corrected chi connectivity index (χ1v) is 6.66. The summed E-state index contributed by atoms with van der Waals surface area (Å²) in [6.07, 6.45) is -1.49.